The summed E-state index contributed by atoms with van der Waals surface area (Å²) in [6.45, 7) is 4.18. The standard InChI is InChI=1S/C15H20N4O3S2/c1-10-14(11(2)18-17-10)24(21,22)19-7-5-12(6-8-19)16-15(20)13-4-3-9-23-13/h3-4,9,12H,5-8H2,1-2H3,(H,16,20)(H,17,18). The molecule has 2 aromatic heterocycles. The molecule has 9 heteroatoms. The summed E-state index contributed by atoms with van der Waals surface area (Å²) in [5.74, 6) is -0.0900. The summed E-state index contributed by atoms with van der Waals surface area (Å²) in [6, 6.07) is 3.62. The second-order valence-electron chi connectivity index (χ2n) is 5.89. The van der Waals surface area contributed by atoms with Gasteiger partial charge in [0.15, 0.2) is 0 Å². The molecule has 2 N–H and O–H groups in total. The Hall–Kier alpha value is -1.71. The lowest BCUT2D eigenvalue weighted by molar-refractivity contribution is 0.0928. The van der Waals surface area contributed by atoms with Crippen LogP contribution in [-0.2, 0) is 10.0 Å². The van der Waals surface area contributed by atoms with Crippen LogP contribution in [-0.4, -0.2) is 48.0 Å². The fraction of sp³-hybridized carbons (Fsp3) is 0.467. The third-order valence-corrected chi connectivity index (χ3v) is 7.22. The van der Waals surface area contributed by atoms with Crippen molar-refractivity contribution >= 4 is 27.3 Å². The number of carbonyl (C=O) groups is 1. The molecule has 0 bridgehead atoms. The van der Waals surface area contributed by atoms with Crippen molar-refractivity contribution in [3.05, 3.63) is 33.8 Å². The molecule has 0 aromatic carbocycles. The van der Waals surface area contributed by atoms with E-state index in [1.807, 2.05) is 11.4 Å². The Morgan fingerprint density at radius 2 is 2.08 bits per heavy atom. The van der Waals surface area contributed by atoms with Crippen LogP contribution in [0.2, 0.25) is 0 Å². The monoisotopic (exact) mass is 368 g/mol. The van der Waals surface area contributed by atoms with Gasteiger partial charge in [-0.3, -0.25) is 9.89 Å². The lowest BCUT2D eigenvalue weighted by Crippen LogP contribution is -2.46. The first-order chi connectivity index (χ1) is 11.4. The Balaban J connectivity index is 1.64. The van der Waals surface area contributed by atoms with Crippen molar-refractivity contribution in [2.45, 2.75) is 37.6 Å². The highest BCUT2D eigenvalue weighted by Gasteiger charge is 2.33. The normalized spacial score (nSPS) is 17.1. The van der Waals surface area contributed by atoms with Crippen molar-refractivity contribution in [3.8, 4) is 0 Å². The van der Waals surface area contributed by atoms with Crippen molar-refractivity contribution in [3.63, 3.8) is 0 Å². The molecule has 2 aromatic rings. The van der Waals surface area contributed by atoms with Gasteiger partial charge in [-0.05, 0) is 38.1 Å². The average Bonchev–Trinajstić information content (AvgIpc) is 3.18. The topological polar surface area (TPSA) is 95.2 Å². The quantitative estimate of drug-likeness (QED) is 0.858. The predicted molar refractivity (Wildman–Crippen MR) is 91.6 cm³/mol. The minimum atomic E-state index is -3.55. The van der Waals surface area contributed by atoms with Crippen LogP contribution in [0.4, 0.5) is 0 Å². The van der Waals surface area contributed by atoms with Crippen LogP contribution < -0.4 is 5.32 Å². The number of carbonyl (C=O) groups excluding carboxylic acids is 1. The SMILES string of the molecule is Cc1n[nH]c(C)c1S(=O)(=O)N1CCC(NC(=O)c2cccs2)CC1. The number of amides is 1. The molecule has 1 fully saturated rings. The van der Waals surface area contributed by atoms with E-state index in [0.717, 1.165) is 0 Å². The molecule has 1 saturated heterocycles. The molecule has 0 spiro atoms. The summed E-state index contributed by atoms with van der Waals surface area (Å²) in [5, 5.41) is 11.5. The molecule has 0 unspecified atom stereocenters. The molecule has 1 amide bonds. The summed E-state index contributed by atoms with van der Waals surface area (Å²) in [7, 11) is -3.55. The van der Waals surface area contributed by atoms with Gasteiger partial charge in [0.2, 0.25) is 10.0 Å². The maximum atomic E-state index is 12.8. The number of sulfonamides is 1. The number of nitrogens with one attached hydrogen (secondary N) is 2. The molecule has 0 saturated carbocycles. The van der Waals surface area contributed by atoms with Gasteiger partial charge in [-0.15, -0.1) is 11.3 Å². The molecule has 3 heterocycles. The third kappa shape index (κ3) is 3.24. The van der Waals surface area contributed by atoms with E-state index in [4.69, 9.17) is 0 Å². The highest BCUT2D eigenvalue weighted by Crippen LogP contribution is 2.25. The number of rotatable bonds is 4. The van der Waals surface area contributed by atoms with E-state index in [2.05, 4.69) is 15.5 Å². The third-order valence-electron chi connectivity index (χ3n) is 4.19. The number of H-pyrrole nitrogens is 1. The Labute approximate surface area is 145 Å². The molecule has 7 nitrogen and oxygen atoms in total. The minimum Gasteiger partial charge on any atom is -0.349 e. The van der Waals surface area contributed by atoms with Crippen LogP contribution in [0, 0.1) is 13.8 Å². The molecule has 0 atom stereocenters. The molecular formula is C15H20N4O3S2. The number of thiophene rings is 1. The number of aromatic amines is 1. The molecule has 0 radical (unpaired) electrons. The fourth-order valence-electron chi connectivity index (χ4n) is 2.95. The highest BCUT2D eigenvalue weighted by molar-refractivity contribution is 7.89. The van der Waals surface area contributed by atoms with Crippen LogP contribution in [0.5, 0.6) is 0 Å². The van der Waals surface area contributed by atoms with E-state index in [1.165, 1.54) is 15.6 Å². The van der Waals surface area contributed by atoms with E-state index < -0.39 is 10.0 Å². The Bertz CT molecular complexity index is 800. The van der Waals surface area contributed by atoms with Gasteiger partial charge in [0.25, 0.3) is 5.91 Å². The van der Waals surface area contributed by atoms with Gasteiger partial charge in [0, 0.05) is 19.1 Å². The number of hydrogen-bond acceptors (Lipinski definition) is 5. The van der Waals surface area contributed by atoms with Crippen LogP contribution in [0.15, 0.2) is 22.4 Å². The smallest absolute Gasteiger partial charge is 0.261 e. The predicted octanol–water partition coefficient (Wildman–Crippen LogP) is 1.67. The van der Waals surface area contributed by atoms with E-state index in [9.17, 15) is 13.2 Å². The lowest BCUT2D eigenvalue weighted by atomic mass is 10.1. The van der Waals surface area contributed by atoms with Crippen LogP contribution in [0.25, 0.3) is 0 Å². The van der Waals surface area contributed by atoms with Crippen molar-refractivity contribution in [2.75, 3.05) is 13.1 Å². The van der Waals surface area contributed by atoms with Gasteiger partial charge in [0.1, 0.15) is 4.90 Å². The number of aromatic nitrogens is 2. The fourth-order valence-corrected chi connectivity index (χ4v) is 5.38. The average molecular weight is 368 g/mol. The Kier molecular flexibility index (Phi) is 4.75. The summed E-state index contributed by atoms with van der Waals surface area (Å²) in [6.07, 6.45) is 1.21. The van der Waals surface area contributed by atoms with Crippen molar-refractivity contribution in [1.82, 2.24) is 19.8 Å². The zero-order chi connectivity index (χ0) is 17.3. The minimum absolute atomic E-state index is 0.00223. The highest BCUT2D eigenvalue weighted by atomic mass is 32.2. The molecule has 3 rings (SSSR count). The largest absolute Gasteiger partial charge is 0.349 e. The van der Waals surface area contributed by atoms with E-state index in [0.29, 0.717) is 42.2 Å². The number of aryl methyl sites for hydroxylation is 2. The zero-order valence-electron chi connectivity index (χ0n) is 13.6. The van der Waals surface area contributed by atoms with Gasteiger partial charge in [-0.2, -0.15) is 9.40 Å². The summed E-state index contributed by atoms with van der Waals surface area (Å²) >= 11 is 1.40. The van der Waals surface area contributed by atoms with Gasteiger partial charge in [0.05, 0.1) is 16.3 Å². The Morgan fingerprint density at radius 1 is 1.38 bits per heavy atom. The summed E-state index contributed by atoms with van der Waals surface area (Å²) in [4.78, 5) is 13.0. The molecule has 0 aliphatic carbocycles. The number of nitrogens with zero attached hydrogens (tertiary/aromatic N) is 2. The van der Waals surface area contributed by atoms with Gasteiger partial charge in [-0.1, -0.05) is 6.07 Å². The van der Waals surface area contributed by atoms with E-state index in [1.54, 1.807) is 19.9 Å². The maximum absolute atomic E-state index is 12.8. The van der Waals surface area contributed by atoms with Gasteiger partial charge >= 0.3 is 0 Å². The second-order valence-corrected chi connectivity index (χ2v) is 8.71. The molecule has 130 valence electrons. The first kappa shape index (κ1) is 17.1. The molecule has 24 heavy (non-hydrogen) atoms. The summed E-state index contributed by atoms with van der Waals surface area (Å²) in [5.41, 5.74) is 1.04. The first-order valence-corrected chi connectivity index (χ1v) is 10.1. The molecular weight excluding hydrogens is 348 g/mol. The Morgan fingerprint density at radius 3 is 2.62 bits per heavy atom. The van der Waals surface area contributed by atoms with Crippen LogP contribution >= 0.6 is 11.3 Å². The second kappa shape index (κ2) is 6.66. The first-order valence-electron chi connectivity index (χ1n) is 7.75. The van der Waals surface area contributed by atoms with Crippen LogP contribution in [0.3, 0.4) is 0 Å². The van der Waals surface area contributed by atoms with Crippen molar-refractivity contribution in [2.24, 2.45) is 0 Å². The summed E-state index contributed by atoms with van der Waals surface area (Å²) < 4.78 is 27.0. The molecule has 1 aliphatic rings. The number of hydrogen-bond donors (Lipinski definition) is 2. The van der Waals surface area contributed by atoms with Crippen molar-refractivity contribution in [1.29, 1.82) is 0 Å². The van der Waals surface area contributed by atoms with Gasteiger partial charge in [-0.25, -0.2) is 8.42 Å². The molecule has 1 aliphatic heterocycles. The van der Waals surface area contributed by atoms with Crippen molar-refractivity contribution < 1.29 is 13.2 Å². The van der Waals surface area contributed by atoms with Gasteiger partial charge < -0.3 is 5.32 Å². The lowest BCUT2D eigenvalue weighted by Gasteiger charge is -2.31. The zero-order valence-corrected chi connectivity index (χ0v) is 15.2. The number of piperidine rings is 1. The van der Waals surface area contributed by atoms with E-state index in [-0.39, 0.29) is 16.8 Å². The van der Waals surface area contributed by atoms with Crippen LogP contribution in [0.1, 0.15) is 33.9 Å². The van der Waals surface area contributed by atoms with E-state index >= 15 is 0 Å². The maximum Gasteiger partial charge on any atom is 0.261 e.